The number of nitrogens with one attached hydrogen (secondary N) is 2. The molecule has 0 bridgehead atoms. The molecule has 0 radical (unpaired) electrons. The molecule has 5 nitrogen and oxygen atoms in total. The highest BCUT2D eigenvalue weighted by Gasteiger charge is 2.36. The molecule has 2 heterocycles. The van der Waals surface area contributed by atoms with Crippen molar-refractivity contribution >= 4 is 34.8 Å². The number of nitrogens with zero attached hydrogens (tertiary/aromatic N) is 2. The molecule has 29 heavy (non-hydrogen) atoms. The van der Waals surface area contributed by atoms with Crippen LogP contribution in [0.3, 0.4) is 0 Å². The fourth-order valence-electron chi connectivity index (χ4n) is 3.93. The fourth-order valence-corrected chi connectivity index (χ4v) is 4.29. The van der Waals surface area contributed by atoms with Crippen LogP contribution >= 0.6 is 23.2 Å². The third kappa shape index (κ3) is 4.22. The van der Waals surface area contributed by atoms with E-state index in [4.69, 9.17) is 23.2 Å². The molecule has 4 rings (SSSR count). The number of piperidine rings is 1. The van der Waals surface area contributed by atoms with E-state index in [1.165, 1.54) is 0 Å². The molecule has 0 aromatic heterocycles. The van der Waals surface area contributed by atoms with Crippen LogP contribution in [0.5, 0.6) is 0 Å². The monoisotopic (exact) mass is 430 g/mol. The molecule has 2 aromatic carbocycles. The molecule has 2 aliphatic rings. The summed E-state index contributed by atoms with van der Waals surface area (Å²) in [6, 6.07) is 15.5. The molecule has 0 saturated carbocycles. The normalized spacial score (nSPS) is 20.0. The molecular formula is C22H24Cl2N4O. The minimum absolute atomic E-state index is 0.0621. The standard InChI is InChI=1S/C22H24Cl2N4O/c1-27-20(21(29)26-16-10-12-25-13-11-16)14-28(17-8-6-15(23)7-9-17)22(27)18-4-2-3-5-19(18)24/h2-9,14,16,22,25H,10-13H2,1H3,(H,26,29). The summed E-state index contributed by atoms with van der Waals surface area (Å²) in [5.74, 6) is -0.0621. The quantitative estimate of drug-likeness (QED) is 0.764. The Morgan fingerprint density at radius 1 is 1.07 bits per heavy atom. The van der Waals surface area contributed by atoms with Crippen molar-refractivity contribution in [3.05, 3.63) is 76.0 Å². The average molecular weight is 431 g/mol. The van der Waals surface area contributed by atoms with E-state index in [9.17, 15) is 4.79 Å². The van der Waals surface area contributed by atoms with E-state index in [-0.39, 0.29) is 18.1 Å². The Labute approximate surface area is 181 Å². The first-order valence-electron chi connectivity index (χ1n) is 9.79. The van der Waals surface area contributed by atoms with Gasteiger partial charge in [-0.2, -0.15) is 0 Å². The summed E-state index contributed by atoms with van der Waals surface area (Å²) in [5, 5.41) is 7.85. The summed E-state index contributed by atoms with van der Waals surface area (Å²) < 4.78 is 0. The van der Waals surface area contributed by atoms with Gasteiger partial charge in [-0.3, -0.25) is 4.79 Å². The van der Waals surface area contributed by atoms with Crippen LogP contribution in [0.15, 0.2) is 60.4 Å². The molecule has 152 valence electrons. The zero-order valence-corrected chi connectivity index (χ0v) is 17.7. The number of halogens is 2. The first-order chi connectivity index (χ1) is 14.0. The van der Waals surface area contributed by atoms with Crippen LogP contribution < -0.4 is 15.5 Å². The van der Waals surface area contributed by atoms with Crippen LogP contribution in [0, 0.1) is 0 Å². The Balaban J connectivity index is 1.66. The lowest BCUT2D eigenvalue weighted by atomic mass is 10.1. The molecule has 1 fully saturated rings. The predicted octanol–water partition coefficient (Wildman–Crippen LogP) is 4.15. The van der Waals surface area contributed by atoms with Gasteiger partial charge in [0, 0.05) is 40.6 Å². The molecule has 2 aromatic rings. The lowest BCUT2D eigenvalue weighted by Gasteiger charge is -2.32. The van der Waals surface area contributed by atoms with Gasteiger partial charge in [-0.15, -0.1) is 0 Å². The summed E-state index contributed by atoms with van der Waals surface area (Å²) in [6.07, 6.45) is 3.56. The minimum Gasteiger partial charge on any atom is -0.348 e. The SMILES string of the molecule is CN1C(C(=O)NC2CCNCC2)=CN(c2ccc(Cl)cc2)C1c1ccccc1Cl. The Kier molecular flexibility index (Phi) is 5.99. The smallest absolute Gasteiger partial charge is 0.269 e. The van der Waals surface area contributed by atoms with Gasteiger partial charge in [0.15, 0.2) is 0 Å². The van der Waals surface area contributed by atoms with Gasteiger partial charge in [0.05, 0.1) is 0 Å². The molecule has 2 aliphatic heterocycles. The Hall–Kier alpha value is -2.21. The number of benzene rings is 2. The maximum atomic E-state index is 13.1. The lowest BCUT2D eigenvalue weighted by molar-refractivity contribution is -0.119. The Bertz CT molecular complexity index is 909. The van der Waals surface area contributed by atoms with E-state index in [1.807, 2.05) is 66.7 Å². The number of anilines is 1. The second-order valence-corrected chi connectivity index (χ2v) is 8.25. The number of amides is 1. The largest absolute Gasteiger partial charge is 0.348 e. The molecule has 1 amide bonds. The van der Waals surface area contributed by atoms with Crippen LogP contribution in [-0.2, 0) is 4.79 Å². The summed E-state index contributed by atoms with van der Waals surface area (Å²) in [4.78, 5) is 17.1. The molecule has 0 aliphatic carbocycles. The van der Waals surface area contributed by atoms with Crippen molar-refractivity contribution in [3.63, 3.8) is 0 Å². The van der Waals surface area contributed by atoms with Crippen molar-refractivity contribution in [1.82, 2.24) is 15.5 Å². The van der Waals surface area contributed by atoms with Gasteiger partial charge >= 0.3 is 0 Å². The van der Waals surface area contributed by atoms with Crippen LogP contribution in [0.4, 0.5) is 5.69 Å². The second kappa shape index (κ2) is 8.66. The predicted molar refractivity (Wildman–Crippen MR) is 118 cm³/mol. The molecule has 1 atom stereocenters. The average Bonchev–Trinajstić information content (AvgIpc) is 3.07. The zero-order valence-electron chi connectivity index (χ0n) is 16.2. The van der Waals surface area contributed by atoms with Crippen molar-refractivity contribution in [1.29, 1.82) is 0 Å². The summed E-state index contributed by atoms with van der Waals surface area (Å²) in [7, 11) is 1.93. The third-order valence-corrected chi connectivity index (χ3v) is 6.08. The van der Waals surface area contributed by atoms with Gasteiger partial charge in [-0.25, -0.2) is 0 Å². The van der Waals surface area contributed by atoms with E-state index in [0.717, 1.165) is 37.2 Å². The first-order valence-corrected chi connectivity index (χ1v) is 10.5. The molecule has 2 N–H and O–H groups in total. The first kappa shape index (κ1) is 20.1. The van der Waals surface area contributed by atoms with E-state index < -0.39 is 0 Å². The van der Waals surface area contributed by atoms with Gasteiger partial charge < -0.3 is 20.4 Å². The van der Waals surface area contributed by atoms with Gasteiger partial charge in [0.1, 0.15) is 11.9 Å². The Morgan fingerprint density at radius 2 is 1.76 bits per heavy atom. The van der Waals surface area contributed by atoms with Crippen molar-refractivity contribution in [3.8, 4) is 0 Å². The maximum Gasteiger partial charge on any atom is 0.269 e. The highest BCUT2D eigenvalue weighted by atomic mass is 35.5. The third-order valence-electron chi connectivity index (χ3n) is 5.49. The highest BCUT2D eigenvalue weighted by Crippen LogP contribution is 2.40. The minimum atomic E-state index is -0.223. The van der Waals surface area contributed by atoms with Crippen LogP contribution in [0.1, 0.15) is 24.6 Å². The van der Waals surface area contributed by atoms with Crippen LogP contribution in [0.2, 0.25) is 10.0 Å². The van der Waals surface area contributed by atoms with Gasteiger partial charge in [0.2, 0.25) is 0 Å². The Morgan fingerprint density at radius 3 is 2.45 bits per heavy atom. The van der Waals surface area contributed by atoms with Crippen molar-refractivity contribution < 1.29 is 4.79 Å². The van der Waals surface area contributed by atoms with E-state index >= 15 is 0 Å². The van der Waals surface area contributed by atoms with E-state index in [1.54, 1.807) is 0 Å². The second-order valence-electron chi connectivity index (χ2n) is 7.40. The summed E-state index contributed by atoms with van der Waals surface area (Å²) in [5.41, 5.74) is 2.49. The molecule has 1 saturated heterocycles. The van der Waals surface area contributed by atoms with Crippen molar-refractivity contribution in [2.24, 2.45) is 0 Å². The molecule has 7 heteroatoms. The topological polar surface area (TPSA) is 47.6 Å². The maximum absolute atomic E-state index is 13.1. The number of carbonyl (C=O) groups is 1. The van der Waals surface area contributed by atoms with Crippen molar-refractivity contribution in [2.45, 2.75) is 25.0 Å². The molecular weight excluding hydrogens is 407 g/mol. The van der Waals surface area contributed by atoms with Crippen LogP contribution in [0.25, 0.3) is 0 Å². The van der Waals surface area contributed by atoms with E-state index in [0.29, 0.717) is 15.7 Å². The van der Waals surface area contributed by atoms with Gasteiger partial charge in [-0.05, 0) is 56.3 Å². The number of likely N-dealkylation sites (N-methyl/N-ethyl adjacent to an activating group) is 1. The van der Waals surface area contributed by atoms with Gasteiger partial charge in [-0.1, -0.05) is 41.4 Å². The number of hydrogen-bond acceptors (Lipinski definition) is 4. The number of rotatable bonds is 4. The number of hydrogen-bond donors (Lipinski definition) is 2. The summed E-state index contributed by atoms with van der Waals surface area (Å²) >= 11 is 12.6. The van der Waals surface area contributed by atoms with Gasteiger partial charge in [0.25, 0.3) is 5.91 Å². The van der Waals surface area contributed by atoms with Crippen molar-refractivity contribution in [2.75, 3.05) is 25.0 Å². The molecule has 0 spiro atoms. The fraction of sp³-hybridized carbons (Fsp3) is 0.318. The summed E-state index contributed by atoms with van der Waals surface area (Å²) in [6.45, 7) is 1.86. The van der Waals surface area contributed by atoms with E-state index in [2.05, 4.69) is 15.5 Å². The zero-order chi connectivity index (χ0) is 20.4. The lowest BCUT2D eigenvalue weighted by Crippen LogP contribution is -2.44. The van der Waals surface area contributed by atoms with Crippen LogP contribution in [-0.4, -0.2) is 37.0 Å². The highest BCUT2D eigenvalue weighted by molar-refractivity contribution is 6.31. The molecule has 1 unspecified atom stereocenters. The number of carbonyl (C=O) groups excluding carboxylic acids is 1.